The van der Waals surface area contributed by atoms with Crippen LogP contribution in [0.25, 0.3) is 11.0 Å². The number of carboxylic acid groups (broad SMARTS) is 1. The van der Waals surface area contributed by atoms with Crippen LogP contribution >= 0.6 is 0 Å². The average molecular weight is 382 g/mol. The second-order valence-corrected chi connectivity index (χ2v) is 6.15. The summed E-state index contributed by atoms with van der Waals surface area (Å²) in [5.41, 5.74) is 1.29. The highest BCUT2D eigenvalue weighted by molar-refractivity contribution is 5.96. The van der Waals surface area contributed by atoms with Crippen molar-refractivity contribution in [2.45, 2.75) is 12.8 Å². The number of aliphatic carboxylic acids is 1. The number of rotatable bonds is 6. The molecule has 0 bridgehead atoms. The lowest BCUT2D eigenvalue weighted by Gasteiger charge is -2.22. The van der Waals surface area contributed by atoms with Crippen molar-refractivity contribution in [3.05, 3.63) is 59.0 Å². The molecule has 0 atom stereocenters. The van der Waals surface area contributed by atoms with Gasteiger partial charge < -0.3 is 24.8 Å². The summed E-state index contributed by atoms with van der Waals surface area (Å²) in [7, 11) is 1.74. The third-order valence-electron chi connectivity index (χ3n) is 4.20. The molecule has 3 rings (SSSR count). The van der Waals surface area contributed by atoms with E-state index in [1.54, 1.807) is 30.1 Å². The number of phenols is 1. The zero-order chi connectivity index (χ0) is 20.3. The van der Waals surface area contributed by atoms with Crippen LogP contribution in [0.4, 0.5) is 17.1 Å². The number of phenolic OH excluding ortho intramolecular Hbond substituents is 1. The lowest BCUT2D eigenvalue weighted by atomic mass is 10.1. The summed E-state index contributed by atoms with van der Waals surface area (Å²) in [5, 5.41) is 21.9. The number of amides is 1. The number of benzene rings is 2. The zero-order valence-electron chi connectivity index (χ0n) is 15.0. The van der Waals surface area contributed by atoms with Crippen LogP contribution in [-0.2, 0) is 9.59 Å². The van der Waals surface area contributed by atoms with Gasteiger partial charge in [-0.1, -0.05) is 12.1 Å². The van der Waals surface area contributed by atoms with Crippen molar-refractivity contribution in [3.63, 3.8) is 0 Å². The molecule has 1 aromatic heterocycles. The summed E-state index contributed by atoms with van der Waals surface area (Å²) in [6.45, 7) is 0. The van der Waals surface area contributed by atoms with Crippen molar-refractivity contribution in [1.29, 1.82) is 0 Å². The van der Waals surface area contributed by atoms with Gasteiger partial charge in [0.2, 0.25) is 5.91 Å². The van der Waals surface area contributed by atoms with Crippen LogP contribution in [-0.4, -0.2) is 29.1 Å². The average Bonchev–Trinajstić information content (AvgIpc) is 2.66. The summed E-state index contributed by atoms with van der Waals surface area (Å²) in [4.78, 5) is 36.1. The van der Waals surface area contributed by atoms with Crippen LogP contribution in [0.5, 0.6) is 5.75 Å². The van der Waals surface area contributed by atoms with Crippen molar-refractivity contribution in [2.75, 3.05) is 17.3 Å². The van der Waals surface area contributed by atoms with Crippen LogP contribution in [0.1, 0.15) is 12.8 Å². The lowest BCUT2D eigenvalue weighted by molar-refractivity contribution is -0.138. The van der Waals surface area contributed by atoms with Gasteiger partial charge in [-0.25, -0.2) is 4.79 Å². The van der Waals surface area contributed by atoms with Gasteiger partial charge in [-0.3, -0.25) is 9.59 Å². The Kier molecular flexibility index (Phi) is 5.30. The third kappa shape index (κ3) is 4.12. The molecule has 28 heavy (non-hydrogen) atoms. The van der Waals surface area contributed by atoms with Crippen LogP contribution in [0, 0.1) is 0 Å². The maximum Gasteiger partial charge on any atom is 0.338 e. The predicted octanol–water partition coefficient (Wildman–Crippen LogP) is 3.07. The Labute approximate surface area is 159 Å². The molecular formula is C20H18N2O6. The number of nitrogens with one attached hydrogen (secondary N) is 1. The third-order valence-corrected chi connectivity index (χ3v) is 4.20. The fraction of sp³-hybridized carbons (Fsp3) is 0.150. The highest BCUT2D eigenvalue weighted by Gasteiger charge is 2.14. The molecule has 1 amide bonds. The van der Waals surface area contributed by atoms with E-state index in [4.69, 9.17) is 9.52 Å². The molecule has 0 unspecified atom stereocenters. The van der Waals surface area contributed by atoms with Gasteiger partial charge in [0.1, 0.15) is 11.3 Å². The molecule has 0 aliphatic rings. The highest BCUT2D eigenvalue weighted by Crippen LogP contribution is 2.34. The fourth-order valence-corrected chi connectivity index (χ4v) is 2.78. The number of hydrogen-bond acceptors (Lipinski definition) is 6. The van der Waals surface area contributed by atoms with E-state index in [0.717, 1.165) is 5.39 Å². The van der Waals surface area contributed by atoms with E-state index in [9.17, 15) is 19.5 Å². The molecule has 2 aromatic carbocycles. The molecule has 0 aliphatic carbocycles. The number of carbonyl (C=O) groups is 2. The van der Waals surface area contributed by atoms with Gasteiger partial charge in [-0.15, -0.1) is 0 Å². The second-order valence-electron chi connectivity index (χ2n) is 6.15. The van der Waals surface area contributed by atoms with E-state index < -0.39 is 17.5 Å². The Hall–Kier alpha value is -3.81. The summed E-state index contributed by atoms with van der Waals surface area (Å²) < 4.78 is 5.20. The fourth-order valence-electron chi connectivity index (χ4n) is 2.78. The van der Waals surface area contributed by atoms with E-state index in [-0.39, 0.29) is 24.3 Å². The summed E-state index contributed by atoms with van der Waals surface area (Å²) in [5.74, 6) is -1.76. The molecule has 0 spiro atoms. The van der Waals surface area contributed by atoms with Crippen LogP contribution < -0.4 is 15.8 Å². The monoisotopic (exact) mass is 382 g/mol. The minimum atomic E-state index is -1.08. The summed E-state index contributed by atoms with van der Waals surface area (Å²) >= 11 is 0. The molecule has 144 valence electrons. The van der Waals surface area contributed by atoms with Gasteiger partial charge in [0.25, 0.3) is 0 Å². The number of anilines is 3. The first-order chi connectivity index (χ1) is 13.3. The first-order valence-electron chi connectivity index (χ1n) is 8.46. The van der Waals surface area contributed by atoms with Gasteiger partial charge in [-0.2, -0.15) is 0 Å². The number of para-hydroxylation sites is 1. The highest BCUT2D eigenvalue weighted by atomic mass is 16.4. The molecule has 0 radical (unpaired) electrons. The topological polar surface area (TPSA) is 120 Å². The Balaban J connectivity index is 1.93. The maximum atomic E-state index is 11.9. The van der Waals surface area contributed by atoms with Gasteiger partial charge in [-0.05, 0) is 30.3 Å². The van der Waals surface area contributed by atoms with Crippen LogP contribution in [0.3, 0.4) is 0 Å². The van der Waals surface area contributed by atoms with Crippen molar-refractivity contribution in [2.24, 2.45) is 0 Å². The van der Waals surface area contributed by atoms with Crippen molar-refractivity contribution >= 4 is 39.9 Å². The molecule has 3 aromatic rings. The minimum absolute atomic E-state index is 0.145. The molecule has 0 fully saturated rings. The number of carbonyl (C=O) groups excluding carboxylic acids is 1. The van der Waals surface area contributed by atoms with Gasteiger partial charge in [0, 0.05) is 30.6 Å². The number of hydrogen-bond donors (Lipinski definition) is 3. The van der Waals surface area contributed by atoms with E-state index in [1.165, 1.54) is 18.2 Å². The zero-order valence-corrected chi connectivity index (χ0v) is 15.0. The van der Waals surface area contributed by atoms with E-state index >= 15 is 0 Å². The molecule has 8 nitrogen and oxygen atoms in total. The molecule has 0 saturated heterocycles. The minimum Gasteiger partial charge on any atom is -0.506 e. The molecule has 3 N–H and O–H groups in total. The first-order valence-corrected chi connectivity index (χ1v) is 8.46. The van der Waals surface area contributed by atoms with E-state index in [0.29, 0.717) is 17.0 Å². The lowest BCUT2D eigenvalue weighted by Crippen LogP contribution is -2.15. The Bertz CT molecular complexity index is 1110. The van der Waals surface area contributed by atoms with E-state index in [1.807, 2.05) is 12.1 Å². The SMILES string of the molecule is CN(c1ccc(O)c(NC(=O)CCC(=O)O)c1)c1cc(=O)oc2ccccc12. The predicted molar refractivity (Wildman–Crippen MR) is 104 cm³/mol. The van der Waals surface area contributed by atoms with Crippen molar-refractivity contribution < 1.29 is 24.2 Å². The maximum absolute atomic E-state index is 11.9. The van der Waals surface area contributed by atoms with Crippen molar-refractivity contribution in [1.82, 2.24) is 0 Å². The second kappa shape index (κ2) is 7.83. The normalized spacial score (nSPS) is 10.6. The molecule has 0 saturated carbocycles. The molecular weight excluding hydrogens is 364 g/mol. The number of aromatic hydroxyl groups is 1. The van der Waals surface area contributed by atoms with Crippen molar-refractivity contribution in [3.8, 4) is 5.75 Å². The first kappa shape index (κ1) is 19.0. The quantitative estimate of drug-likeness (QED) is 0.443. The Morgan fingerprint density at radius 2 is 1.86 bits per heavy atom. The van der Waals surface area contributed by atoms with Crippen LogP contribution in [0.15, 0.2) is 57.7 Å². The molecule has 1 heterocycles. The Morgan fingerprint density at radius 3 is 2.61 bits per heavy atom. The standard InChI is InChI=1S/C20H18N2O6/c1-22(15-11-20(27)28-17-5-3-2-4-13(15)17)12-6-7-16(23)14(10-12)21-18(24)8-9-19(25)26/h2-7,10-11,23H,8-9H2,1H3,(H,21,24)(H,25,26). The molecule has 0 aliphatic heterocycles. The Morgan fingerprint density at radius 1 is 1.11 bits per heavy atom. The summed E-state index contributed by atoms with van der Waals surface area (Å²) in [6.07, 6.45) is -0.517. The van der Waals surface area contributed by atoms with E-state index in [2.05, 4.69) is 5.32 Å². The largest absolute Gasteiger partial charge is 0.506 e. The molecule has 8 heteroatoms. The smallest absolute Gasteiger partial charge is 0.338 e. The van der Waals surface area contributed by atoms with Gasteiger partial charge >= 0.3 is 11.6 Å². The number of fused-ring (bicyclic) bond motifs is 1. The van der Waals surface area contributed by atoms with Gasteiger partial charge in [0.15, 0.2) is 0 Å². The number of nitrogens with zero attached hydrogens (tertiary/aromatic N) is 1. The summed E-state index contributed by atoms with van der Waals surface area (Å²) in [6, 6.07) is 13.0. The van der Waals surface area contributed by atoms with Gasteiger partial charge in [0.05, 0.1) is 17.8 Å². The number of carboxylic acids is 1. The van der Waals surface area contributed by atoms with Crippen LogP contribution in [0.2, 0.25) is 0 Å².